The second kappa shape index (κ2) is 8.65. The summed E-state index contributed by atoms with van der Waals surface area (Å²) in [4.78, 5) is 4.69. The summed E-state index contributed by atoms with van der Waals surface area (Å²) in [6.07, 6.45) is 4.08. The van der Waals surface area contributed by atoms with Gasteiger partial charge in [0, 0.05) is 43.6 Å². The summed E-state index contributed by atoms with van der Waals surface area (Å²) in [6, 6.07) is 17.0. The maximum atomic E-state index is 5.85. The molecule has 0 amide bonds. The molecule has 28 heavy (non-hydrogen) atoms. The molecule has 1 fully saturated rings. The monoisotopic (exact) mass is 393 g/mol. The number of para-hydroxylation sites is 1. The highest BCUT2D eigenvalue weighted by molar-refractivity contribution is 7.80. The number of hydrogen-bond acceptors (Lipinski definition) is 3. The van der Waals surface area contributed by atoms with Crippen molar-refractivity contribution in [2.45, 2.75) is 19.8 Å². The number of nitrogens with zero attached hydrogens (tertiary/aromatic N) is 2. The van der Waals surface area contributed by atoms with Gasteiger partial charge in [0.05, 0.1) is 6.61 Å². The number of fused-ring (bicyclic) bond motifs is 1. The van der Waals surface area contributed by atoms with E-state index >= 15 is 0 Å². The summed E-state index contributed by atoms with van der Waals surface area (Å²) in [7, 11) is 0. The van der Waals surface area contributed by atoms with Crippen molar-refractivity contribution in [3.63, 3.8) is 0 Å². The van der Waals surface area contributed by atoms with Crippen molar-refractivity contribution in [2.75, 3.05) is 37.7 Å². The van der Waals surface area contributed by atoms with Gasteiger partial charge in [-0.3, -0.25) is 0 Å². The van der Waals surface area contributed by atoms with Crippen molar-refractivity contribution in [2.24, 2.45) is 0 Å². The number of anilines is 1. The first-order valence-electron chi connectivity index (χ1n) is 9.99. The molecule has 146 valence electrons. The lowest BCUT2D eigenvalue weighted by atomic mass is 10.0. The van der Waals surface area contributed by atoms with Gasteiger partial charge >= 0.3 is 0 Å². The Morgan fingerprint density at radius 1 is 1.04 bits per heavy atom. The third-order valence-electron chi connectivity index (χ3n) is 5.42. The molecule has 0 bridgehead atoms. The van der Waals surface area contributed by atoms with Crippen molar-refractivity contribution in [3.8, 4) is 5.75 Å². The molecule has 0 unspecified atom stereocenters. The molecule has 4 nitrogen and oxygen atoms in total. The second-order valence-corrected chi connectivity index (χ2v) is 7.76. The normalized spacial score (nSPS) is 18.2. The molecule has 2 aliphatic heterocycles. The Hall–Kier alpha value is -2.53. The van der Waals surface area contributed by atoms with Crippen LogP contribution in [0, 0.1) is 6.92 Å². The number of hydrogen-bond donors (Lipinski definition) is 1. The van der Waals surface area contributed by atoms with Crippen LogP contribution in [0.2, 0.25) is 0 Å². The molecule has 0 aliphatic carbocycles. The van der Waals surface area contributed by atoms with Gasteiger partial charge in [-0.05, 0) is 55.8 Å². The van der Waals surface area contributed by atoms with Crippen LogP contribution in [-0.4, -0.2) is 42.8 Å². The largest absolute Gasteiger partial charge is 0.493 e. The third kappa shape index (κ3) is 4.30. The minimum absolute atomic E-state index is 0.764. The number of rotatable bonds is 2. The van der Waals surface area contributed by atoms with E-state index in [2.05, 4.69) is 64.6 Å². The van der Waals surface area contributed by atoms with E-state index in [9.17, 15) is 0 Å². The standard InChI is InChI=1S/C23H27N3OS/c1-18-8-10-20(11-9-18)25-12-14-26(15-13-25)23(28)24-17-19-5-4-16-27-22-7-3-2-6-21(19)22/h2-3,6-11,17H,4-5,12-16H2,1H3,(H,24,28)/b19-17-. The highest BCUT2D eigenvalue weighted by Gasteiger charge is 2.19. The Balaban J connectivity index is 1.36. The molecule has 0 spiro atoms. The average molecular weight is 394 g/mol. The maximum absolute atomic E-state index is 5.85. The topological polar surface area (TPSA) is 27.7 Å². The van der Waals surface area contributed by atoms with Gasteiger partial charge in [0.15, 0.2) is 5.11 Å². The third-order valence-corrected chi connectivity index (χ3v) is 5.79. The van der Waals surface area contributed by atoms with Crippen LogP contribution in [0.3, 0.4) is 0 Å². The quantitative estimate of drug-likeness (QED) is 0.772. The SMILES string of the molecule is Cc1ccc(N2CCN(C(=S)N/C=C3/CCCOc4ccccc43)CC2)cc1. The molecule has 2 aliphatic rings. The summed E-state index contributed by atoms with van der Waals surface area (Å²) < 4.78 is 5.85. The molecule has 0 saturated carbocycles. The number of piperazine rings is 1. The summed E-state index contributed by atoms with van der Waals surface area (Å²) in [5.41, 5.74) is 5.01. The van der Waals surface area contributed by atoms with Crippen LogP contribution >= 0.6 is 12.2 Å². The van der Waals surface area contributed by atoms with E-state index in [0.29, 0.717) is 0 Å². The number of ether oxygens (including phenoxy) is 1. The summed E-state index contributed by atoms with van der Waals surface area (Å²) in [5, 5.41) is 4.18. The van der Waals surface area contributed by atoms with Crippen LogP contribution in [0.15, 0.2) is 54.7 Å². The lowest BCUT2D eigenvalue weighted by molar-refractivity contribution is 0.318. The van der Waals surface area contributed by atoms with Crippen molar-refractivity contribution in [1.29, 1.82) is 0 Å². The van der Waals surface area contributed by atoms with Crippen molar-refractivity contribution < 1.29 is 4.74 Å². The number of allylic oxidation sites excluding steroid dienone is 1. The fourth-order valence-corrected chi connectivity index (χ4v) is 3.99. The fourth-order valence-electron chi connectivity index (χ4n) is 3.75. The maximum Gasteiger partial charge on any atom is 0.173 e. The zero-order valence-corrected chi connectivity index (χ0v) is 17.2. The summed E-state index contributed by atoms with van der Waals surface area (Å²) in [6.45, 7) is 6.72. The van der Waals surface area contributed by atoms with Crippen LogP contribution in [0.5, 0.6) is 5.75 Å². The molecule has 1 saturated heterocycles. The van der Waals surface area contributed by atoms with E-state index in [1.807, 2.05) is 12.1 Å². The minimum atomic E-state index is 0.764. The van der Waals surface area contributed by atoms with Crippen LogP contribution in [-0.2, 0) is 0 Å². The van der Waals surface area contributed by atoms with E-state index in [1.54, 1.807) is 0 Å². The van der Waals surface area contributed by atoms with Crippen molar-refractivity contribution in [3.05, 3.63) is 65.9 Å². The zero-order valence-electron chi connectivity index (χ0n) is 16.4. The Kier molecular flexibility index (Phi) is 5.81. The van der Waals surface area contributed by atoms with E-state index in [-0.39, 0.29) is 0 Å². The molecule has 0 aromatic heterocycles. The fraction of sp³-hybridized carbons (Fsp3) is 0.348. The van der Waals surface area contributed by atoms with E-state index < -0.39 is 0 Å². The van der Waals surface area contributed by atoms with Crippen LogP contribution in [0.4, 0.5) is 5.69 Å². The van der Waals surface area contributed by atoms with Crippen LogP contribution in [0.25, 0.3) is 5.57 Å². The van der Waals surface area contributed by atoms with Gasteiger partial charge in [0.1, 0.15) is 5.75 Å². The van der Waals surface area contributed by atoms with Crippen molar-refractivity contribution in [1.82, 2.24) is 10.2 Å². The van der Waals surface area contributed by atoms with Crippen molar-refractivity contribution >= 4 is 28.6 Å². The van der Waals surface area contributed by atoms with E-state index in [0.717, 1.165) is 56.5 Å². The molecular weight excluding hydrogens is 366 g/mol. The summed E-state index contributed by atoms with van der Waals surface area (Å²) >= 11 is 5.67. The highest BCUT2D eigenvalue weighted by atomic mass is 32.1. The van der Waals surface area contributed by atoms with Gasteiger partial charge < -0.3 is 19.9 Å². The van der Waals surface area contributed by atoms with Crippen LogP contribution < -0.4 is 15.0 Å². The van der Waals surface area contributed by atoms with Crippen LogP contribution in [0.1, 0.15) is 24.0 Å². The predicted octanol–water partition coefficient (Wildman–Crippen LogP) is 4.21. The number of thiocarbonyl (C=S) groups is 1. The van der Waals surface area contributed by atoms with Gasteiger partial charge in [0.25, 0.3) is 0 Å². The molecule has 0 radical (unpaired) electrons. The van der Waals surface area contributed by atoms with Gasteiger partial charge in [-0.25, -0.2) is 0 Å². The van der Waals surface area contributed by atoms with E-state index in [1.165, 1.54) is 22.4 Å². The van der Waals surface area contributed by atoms with Gasteiger partial charge in [-0.2, -0.15) is 0 Å². The average Bonchev–Trinajstić information content (AvgIpc) is 2.95. The molecule has 0 atom stereocenters. The number of aryl methyl sites for hydroxylation is 1. The Morgan fingerprint density at radius 2 is 1.79 bits per heavy atom. The van der Waals surface area contributed by atoms with Gasteiger partial charge in [-0.1, -0.05) is 35.9 Å². The first-order chi connectivity index (χ1) is 13.7. The lowest BCUT2D eigenvalue weighted by Crippen LogP contribution is -2.51. The molecule has 1 N–H and O–H groups in total. The predicted molar refractivity (Wildman–Crippen MR) is 120 cm³/mol. The molecule has 2 aromatic rings. The Bertz CT molecular complexity index is 854. The molecule has 2 heterocycles. The Labute approximate surface area is 172 Å². The first-order valence-corrected chi connectivity index (χ1v) is 10.4. The highest BCUT2D eigenvalue weighted by Crippen LogP contribution is 2.31. The van der Waals surface area contributed by atoms with Gasteiger partial charge in [0.2, 0.25) is 0 Å². The smallest absolute Gasteiger partial charge is 0.173 e. The van der Waals surface area contributed by atoms with E-state index in [4.69, 9.17) is 17.0 Å². The molecular formula is C23H27N3OS. The summed E-state index contributed by atoms with van der Waals surface area (Å²) in [5.74, 6) is 0.964. The molecule has 4 rings (SSSR count). The van der Waals surface area contributed by atoms with Gasteiger partial charge in [-0.15, -0.1) is 0 Å². The number of benzene rings is 2. The minimum Gasteiger partial charge on any atom is -0.493 e. The molecule has 5 heteroatoms. The molecule has 2 aromatic carbocycles. The number of nitrogens with one attached hydrogen (secondary N) is 1. The lowest BCUT2D eigenvalue weighted by Gasteiger charge is -2.37. The Morgan fingerprint density at radius 3 is 2.57 bits per heavy atom. The second-order valence-electron chi connectivity index (χ2n) is 7.38. The zero-order chi connectivity index (χ0) is 19.3. The first kappa shape index (κ1) is 18.8.